The summed E-state index contributed by atoms with van der Waals surface area (Å²) in [5.74, 6) is 0.633. The third-order valence-corrected chi connectivity index (χ3v) is 6.74. The predicted octanol–water partition coefficient (Wildman–Crippen LogP) is 3.56. The van der Waals surface area contributed by atoms with E-state index in [4.69, 9.17) is 32.7 Å². The predicted molar refractivity (Wildman–Crippen MR) is 138 cm³/mol. The highest BCUT2D eigenvalue weighted by Gasteiger charge is 2.28. The fourth-order valence-corrected chi connectivity index (χ4v) is 4.24. The maximum absolute atomic E-state index is 13.1. The molecule has 0 aliphatic heterocycles. The summed E-state index contributed by atoms with van der Waals surface area (Å²) < 4.78 is 49.7. The molecule has 0 saturated heterocycles. The van der Waals surface area contributed by atoms with Crippen LogP contribution >= 0.6 is 7.60 Å². The van der Waals surface area contributed by atoms with E-state index >= 15 is 0 Å². The first-order valence-corrected chi connectivity index (χ1v) is 14.5. The van der Waals surface area contributed by atoms with Gasteiger partial charge in [-0.1, -0.05) is 0 Å². The van der Waals surface area contributed by atoms with Gasteiger partial charge in [0.2, 0.25) is 13.6 Å². The minimum atomic E-state index is -4.08. The number of rotatable bonds is 17. The van der Waals surface area contributed by atoms with E-state index in [0.717, 1.165) is 12.8 Å². The van der Waals surface area contributed by atoms with E-state index < -0.39 is 58.1 Å². The molecule has 0 amide bonds. The summed E-state index contributed by atoms with van der Waals surface area (Å²) in [6.07, 6.45) is 1.93. The number of nitrogens with zero attached hydrogens (tertiary/aromatic N) is 4. The lowest BCUT2D eigenvalue weighted by atomic mass is 10.2. The maximum Gasteiger partial charge on any atom is 0.510 e. The van der Waals surface area contributed by atoms with E-state index in [0.29, 0.717) is 23.0 Å². The molecule has 1 atom stereocenters. The third kappa shape index (κ3) is 10.2. The Kier molecular flexibility index (Phi) is 11.9. The summed E-state index contributed by atoms with van der Waals surface area (Å²) in [6.45, 7) is 4.75. The first kappa shape index (κ1) is 31.5. The van der Waals surface area contributed by atoms with Crippen molar-refractivity contribution >= 4 is 36.9 Å². The van der Waals surface area contributed by atoms with Gasteiger partial charge in [-0.05, 0) is 47.0 Å². The second-order valence-electron chi connectivity index (χ2n) is 9.35. The maximum atomic E-state index is 13.1. The van der Waals surface area contributed by atoms with Gasteiger partial charge in [0.1, 0.15) is 18.2 Å². The Morgan fingerprint density at radius 3 is 2.23 bits per heavy atom. The van der Waals surface area contributed by atoms with Crippen LogP contribution in [0.15, 0.2) is 12.7 Å². The average molecular weight is 590 g/mol. The van der Waals surface area contributed by atoms with Gasteiger partial charge >= 0.3 is 19.9 Å². The number of aliphatic hydroxyl groups is 1. The first-order valence-electron chi connectivity index (χ1n) is 12.8. The lowest BCUT2D eigenvalue weighted by Crippen LogP contribution is -2.18. The summed E-state index contributed by atoms with van der Waals surface area (Å²) in [7, 11) is -4.08. The molecule has 40 heavy (non-hydrogen) atoms. The molecule has 2 aromatic rings. The Morgan fingerprint density at radius 1 is 1.05 bits per heavy atom. The van der Waals surface area contributed by atoms with Crippen LogP contribution in [0, 0.1) is 0 Å². The van der Waals surface area contributed by atoms with Gasteiger partial charge in [-0.25, -0.2) is 24.5 Å². The number of imidazole rings is 1. The van der Waals surface area contributed by atoms with E-state index in [1.54, 1.807) is 38.6 Å². The van der Waals surface area contributed by atoms with Crippen LogP contribution in [0.2, 0.25) is 0 Å². The Bertz CT molecular complexity index is 1130. The van der Waals surface area contributed by atoms with Crippen LogP contribution in [0.5, 0.6) is 0 Å². The molecular formula is C23H36N5O11P. The van der Waals surface area contributed by atoms with Crippen molar-refractivity contribution in [1.29, 1.82) is 0 Å². The number of carbonyl (C=O) groups excluding carboxylic acids is 2. The first-order chi connectivity index (χ1) is 19.1. The normalized spacial score (nSPS) is 14.4. The molecule has 2 N–H and O–H groups in total. The van der Waals surface area contributed by atoms with Crippen LogP contribution in [0.3, 0.4) is 0 Å². The Balaban J connectivity index is 1.55. The zero-order valence-corrected chi connectivity index (χ0v) is 23.8. The molecule has 1 unspecified atom stereocenters. The van der Waals surface area contributed by atoms with Crippen molar-refractivity contribution in [2.75, 3.05) is 38.5 Å². The molecule has 1 aliphatic rings. The Labute approximate surface area is 231 Å². The molecule has 1 saturated carbocycles. The van der Waals surface area contributed by atoms with Crippen molar-refractivity contribution in [3.8, 4) is 0 Å². The molecular weight excluding hydrogens is 553 g/mol. The van der Waals surface area contributed by atoms with E-state index in [9.17, 15) is 19.3 Å². The molecule has 16 nitrogen and oxygen atoms in total. The molecule has 0 aromatic carbocycles. The van der Waals surface area contributed by atoms with Crippen LogP contribution in [0.1, 0.15) is 53.0 Å². The van der Waals surface area contributed by atoms with E-state index in [1.807, 2.05) is 0 Å². The Morgan fingerprint density at radius 2 is 1.68 bits per heavy atom. The van der Waals surface area contributed by atoms with Crippen molar-refractivity contribution in [1.82, 2.24) is 19.5 Å². The minimum Gasteiger partial charge on any atom is -0.432 e. The second-order valence-corrected chi connectivity index (χ2v) is 11.4. The molecule has 1 aliphatic carbocycles. The number of nitrogens with one attached hydrogen (secondary N) is 1. The number of aliphatic hydroxyl groups excluding tert-OH is 1. The number of carbonyl (C=O) groups is 2. The van der Waals surface area contributed by atoms with Crippen molar-refractivity contribution in [2.24, 2.45) is 0 Å². The number of hydrogen-bond acceptors (Lipinski definition) is 15. The van der Waals surface area contributed by atoms with Gasteiger partial charge in [-0.2, -0.15) is 0 Å². The largest absolute Gasteiger partial charge is 0.510 e. The lowest BCUT2D eigenvalue weighted by Gasteiger charge is -2.20. The summed E-state index contributed by atoms with van der Waals surface area (Å²) in [6, 6.07) is -0.0823. The zero-order chi connectivity index (χ0) is 29.1. The third-order valence-electron chi connectivity index (χ3n) is 5.24. The number of ether oxygens (including phenoxy) is 5. The van der Waals surface area contributed by atoms with Gasteiger partial charge in [0, 0.05) is 12.6 Å². The van der Waals surface area contributed by atoms with Gasteiger partial charge in [0.05, 0.1) is 31.2 Å². The van der Waals surface area contributed by atoms with Gasteiger partial charge in [0.25, 0.3) is 0 Å². The van der Waals surface area contributed by atoms with E-state index in [-0.39, 0.29) is 19.6 Å². The van der Waals surface area contributed by atoms with E-state index in [1.165, 1.54) is 6.33 Å². The van der Waals surface area contributed by atoms with Crippen molar-refractivity contribution in [3.05, 3.63) is 12.7 Å². The summed E-state index contributed by atoms with van der Waals surface area (Å²) in [5.41, 5.74) is 1.14. The fourth-order valence-electron chi connectivity index (χ4n) is 3.23. The van der Waals surface area contributed by atoms with Gasteiger partial charge < -0.3 is 38.7 Å². The topological polar surface area (TPSA) is 192 Å². The molecule has 2 heterocycles. The average Bonchev–Trinajstić information content (AvgIpc) is 3.59. The van der Waals surface area contributed by atoms with E-state index in [2.05, 4.69) is 20.3 Å². The highest BCUT2D eigenvalue weighted by Crippen LogP contribution is 2.48. The molecule has 224 valence electrons. The van der Waals surface area contributed by atoms with Crippen LogP contribution in [0.25, 0.3) is 11.2 Å². The second kappa shape index (κ2) is 15.1. The molecule has 3 rings (SSSR count). The molecule has 0 spiro atoms. The highest BCUT2D eigenvalue weighted by atomic mass is 31.2. The quantitative estimate of drug-likeness (QED) is 0.118. The van der Waals surface area contributed by atoms with Crippen molar-refractivity contribution in [3.63, 3.8) is 0 Å². The van der Waals surface area contributed by atoms with Crippen molar-refractivity contribution < 1.29 is 52.0 Å². The molecule has 2 aromatic heterocycles. The monoisotopic (exact) mass is 589 g/mol. The van der Waals surface area contributed by atoms with Crippen LogP contribution in [0.4, 0.5) is 15.4 Å². The summed E-state index contributed by atoms with van der Waals surface area (Å²) >= 11 is 0. The zero-order valence-electron chi connectivity index (χ0n) is 22.9. The SMILES string of the molecule is CC(C)OC(=O)OCOP(=O)(COCCC(CO)n1cnc2c(NC3CC3)ncnc21)OCOC(=O)OC(C)C. The standard InChI is InChI=1S/C23H36N5O11P/c1-15(2)38-22(30)34-12-36-40(32,37-13-35-23(31)39-16(3)4)14-33-8-7-18(9-29)28-11-26-19-20(27-17-5-6-17)24-10-25-21(19)28/h10-11,15-18,29H,5-9,12-14H2,1-4H3,(H,24,25,27). The minimum absolute atomic E-state index is 0.0202. The number of aromatic nitrogens is 4. The fraction of sp³-hybridized carbons (Fsp3) is 0.696. The van der Waals surface area contributed by atoms with Gasteiger partial charge in [0.15, 0.2) is 11.5 Å². The number of anilines is 1. The summed E-state index contributed by atoms with van der Waals surface area (Å²) in [5, 5.41) is 13.3. The van der Waals surface area contributed by atoms with Crippen LogP contribution in [-0.2, 0) is 37.3 Å². The lowest BCUT2D eigenvalue weighted by molar-refractivity contribution is -0.0345. The van der Waals surface area contributed by atoms with Crippen molar-refractivity contribution in [2.45, 2.75) is 71.2 Å². The number of hydrogen-bond donors (Lipinski definition) is 2. The van der Waals surface area contributed by atoms with Gasteiger partial charge in [-0.3, -0.25) is 13.6 Å². The molecule has 0 bridgehead atoms. The van der Waals surface area contributed by atoms with Gasteiger partial charge in [-0.15, -0.1) is 0 Å². The smallest absolute Gasteiger partial charge is 0.432 e. The highest BCUT2D eigenvalue weighted by molar-refractivity contribution is 7.53. The summed E-state index contributed by atoms with van der Waals surface area (Å²) in [4.78, 5) is 36.1. The molecule has 0 radical (unpaired) electrons. The number of fused-ring (bicyclic) bond motifs is 1. The molecule has 1 fully saturated rings. The molecule has 17 heteroatoms. The van der Waals surface area contributed by atoms with Crippen LogP contribution < -0.4 is 5.32 Å². The Hall–Kier alpha value is -3.04. The van der Waals surface area contributed by atoms with Crippen LogP contribution in [-0.4, -0.2) is 88.3 Å².